The molecule has 0 radical (unpaired) electrons. The van der Waals surface area contributed by atoms with E-state index in [0.717, 1.165) is 11.1 Å². The Morgan fingerprint density at radius 3 is 2.41 bits per heavy atom. The highest BCUT2D eigenvalue weighted by atomic mass is 32.1. The van der Waals surface area contributed by atoms with E-state index in [4.69, 9.17) is 13.9 Å². The van der Waals surface area contributed by atoms with Gasteiger partial charge >= 0.3 is 5.97 Å². The van der Waals surface area contributed by atoms with Gasteiger partial charge in [0.25, 0.3) is 5.56 Å². The van der Waals surface area contributed by atoms with E-state index < -0.39 is 12.0 Å². The maximum Gasteiger partial charge on any atom is 0.338 e. The number of benzene rings is 2. The molecular formula is C32H30N2O6S. The lowest BCUT2D eigenvalue weighted by Crippen LogP contribution is -2.40. The van der Waals surface area contributed by atoms with Gasteiger partial charge in [-0.3, -0.25) is 14.2 Å². The molecule has 0 bridgehead atoms. The van der Waals surface area contributed by atoms with Crippen LogP contribution in [0.3, 0.4) is 0 Å². The fourth-order valence-electron chi connectivity index (χ4n) is 4.67. The lowest BCUT2D eigenvalue weighted by molar-refractivity contribution is -0.143. The third kappa shape index (κ3) is 5.71. The van der Waals surface area contributed by atoms with E-state index in [-0.39, 0.29) is 17.4 Å². The van der Waals surface area contributed by atoms with Crippen LogP contribution in [0.25, 0.3) is 17.4 Å². The molecule has 0 spiro atoms. The Kier molecular flexibility index (Phi) is 7.90. The molecule has 1 aliphatic heterocycles. The fraction of sp³-hybridized carbons (Fsp3) is 0.250. The maximum atomic E-state index is 13.9. The summed E-state index contributed by atoms with van der Waals surface area (Å²) in [6.45, 7) is 9.27. The minimum Gasteiger partial charge on any atom is -0.494 e. The molecule has 0 amide bonds. The molecule has 3 heterocycles. The molecule has 41 heavy (non-hydrogen) atoms. The van der Waals surface area contributed by atoms with E-state index in [2.05, 4.69) is 4.99 Å². The first-order chi connectivity index (χ1) is 19.7. The number of carbonyl (C=O) groups is 2. The number of carbonyl (C=O) groups excluding carboxylic acids is 2. The quantitative estimate of drug-likeness (QED) is 0.217. The zero-order chi connectivity index (χ0) is 29.3. The largest absolute Gasteiger partial charge is 0.494 e. The topological polar surface area (TPSA) is 100 Å². The summed E-state index contributed by atoms with van der Waals surface area (Å²) in [6.07, 6.45) is 1.35. The van der Waals surface area contributed by atoms with Crippen LogP contribution in [0.2, 0.25) is 0 Å². The first kappa shape index (κ1) is 28.0. The molecule has 0 saturated heterocycles. The number of esters is 1. The number of allylic oxidation sites excluding steroid dienone is 1. The van der Waals surface area contributed by atoms with Crippen molar-refractivity contribution in [3.8, 4) is 17.1 Å². The van der Waals surface area contributed by atoms with Gasteiger partial charge in [-0.1, -0.05) is 47.7 Å². The fourth-order valence-corrected chi connectivity index (χ4v) is 5.70. The van der Waals surface area contributed by atoms with Crippen LogP contribution in [0.4, 0.5) is 0 Å². The number of furan rings is 1. The zero-order valence-electron chi connectivity index (χ0n) is 23.5. The van der Waals surface area contributed by atoms with Crippen molar-refractivity contribution in [2.75, 3.05) is 6.61 Å². The molecule has 0 N–H and O–H groups in total. The minimum atomic E-state index is -0.720. The summed E-state index contributed by atoms with van der Waals surface area (Å²) in [4.78, 5) is 43.8. The van der Waals surface area contributed by atoms with E-state index in [1.807, 2.05) is 49.4 Å². The molecule has 1 atom stereocenters. The minimum absolute atomic E-state index is 0.00791. The number of aromatic nitrogens is 1. The molecule has 0 unspecified atom stereocenters. The van der Waals surface area contributed by atoms with Gasteiger partial charge in [0.05, 0.1) is 34.6 Å². The smallest absolute Gasteiger partial charge is 0.338 e. The van der Waals surface area contributed by atoms with E-state index in [1.165, 1.54) is 18.3 Å². The van der Waals surface area contributed by atoms with Crippen molar-refractivity contribution in [1.29, 1.82) is 0 Å². The second-order valence-corrected chi connectivity index (χ2v) is 10.9. The normalized spacial score (nSPS) is 15.1. The molecule has 9 heteroatoms. The summed E-state index contributed by atoms with van der Waals surface area (Å²) in [5, 5.41) is 0. The average Bonchev–Trinajstić information content (AvgIpc) is 3.52. The van der Waals surface area contributed by atoms with Crippen molar-refractivity contribution in [2.24, 2.45) is 4.99 Å². The third-order valence-corrected chi connectivity index (χ3v) is 7.55. The molecule has 4 aromatic rings. The van der Waals surface area contributed by atoms with E-state index in [1.54, 1.807) is 49.6 Å². The number of rotatable bonds is 8. The predicted molar refractivity (Wildman–Crippen MR) is 157 cm³/mol. The summed E-state index contributed by atoms with van der Waals surface area (Å²) in [5.74, 6) is 1.28. The molecule has 2 aromatic carbocycles. The number of ketones is 1. The Morgan fingerprint density at radius 2 is 1.78 bits per heavy atom. The van der Waals surface area contributed by atoms with Gasteiger partial charge in [0, 0.05) is 17.2 Å². The number of fused-ring (bicyclic) bond motifs is 1. The highest BCUT2D eigenvalue weighted by Crippen LogP contribution is 2.32. The van der Waals surface area contributed by atoms with Crippen LogP contribution in [-0.4, -0.2) is 29.0 Å². The summed E-state index contributed by atoms with van der Waals surface area (Å²) >= 11 is 1.23. The number of hydrogen-bond acceptors (Lipinski definition) is 8. The van der Waals surface area contributed by atoms with Crippen LogP contribution in [0.1, 0.15) is 62.3 Å². The second kappa shape index (κ2) is 11.5. The number of Topliss-reactive ketones (excluding diaryl/α,β-unsaturated/α-hetero) is 1. The van der Waals surface area contributed by atoms with Gasteiger partial charge in [-0.15, -0.1) is 0 Å². The highest BCUT2D eigenvalue weighted by Gasteiger charge is 2.33. The Labute approximate surface area is 240 Å². The van der Waals surface area contributed by atoms with E-state index in [9.17, 15) is 14.4 Å². The van der Waals surface area contributed by atoms with Crippen LogP contribution in [-0.2, 0) is 9.53 Å². The van der Waals surface area contributed by atoms with Gasteiger partial charge in [0.2, 0.25) is 0 Å². The van der Waals surface area contributed by atoms with Crippen LogP contribution >= 0.6 is 11.3 Å². The first-order valence-electron chi connectivity index (χ1n) is 13.3. The van der Waals surface area contributed by atoms with Gasteiger partial charge < -0.3 is 13.9 Å². The monoisotopic (exact) mass is 570 g/mol. The van der Waals surface area contributed by atoms with Gasteiger partial charge in [-0.25, -0.2) is 9.79 Å². The molecule has 0 aliphatic carbocycles. The van der Waals surface area contributed by atoms with Crippen molar-refractivity contribution in [3.05, 3.63) is 109 Å². The maximum absolute atomic E-state index is 13.9. The molecule has 210 valence electrons. The van der Waals surface area contributed by atoms with Crippen molar-refractivity contribution in [3.63, 3.8) is 0 Å². The first-order valence-corrected chi connectivity index (χ1v) is 14.2. The van der Waals surface area contributed by atoms with Crippen LogP contribution in [0.15, 0.2) is 86.1 Å². The lowest BCUT2D eigenvalue weighted by atomic mass is 9.96. The Balaban J connectivity index is 1.58. The summed E-state index contributed by atoms with van der Waals surface area (Å²) in [5.41, 5.74) is 2.69. The molecule has 5 rings (SSSR count). The summed E-state index contributed by atoms with van der Waals surface area (Å²) in [6, 6.07) is 17.4. The number of nitrogens with zero attached hydrogens (tertiary/aromatic N) is 2. The molecule has 0 saturated carbocycles. The summed E-state index contributed by atoms with van der Waals surface area (Å²) in [7, 11) is 0. The van der Waals surface area contributed by atoms with Crippen LogP contribution in [0, 0.1) is 0 Å². The molecule has 2 aromatic heterocycles. The Hall–Kier alpha value is -4.50. The van der Waals surface area contributed by atoms with Crippen LogP contribution < -0.4 is 19.6 Å². The van der Waals surface area contributed by atoms with E-state index >= 15 is 0 Å². The Morgan fingerprint density at radius 1 is 1.07 bits per heavy atom. The molecule has 1 aliphatic rings. The van der Waals surface area contributed by atoms with Crippen molar-refractivity contribution >= 4 is 29.2 Å². The highest BCUT2D eigenvalue weighted by molar-refractivity contribution is 7.07. The SMILES string of the molecule is CCOc1ccc([C@@H]2C(C(=O)OC(C)C)=C(C)N=c3s/c(=C/c4ccc(-c5ccc(C(C)=O)cc5)o4)c(=O)n32)cc1. The van der Waals surface area contributed by atoms with E-state index in [0.29, 0.717) is 50.0 Å². The standard InChI is InChI=1S/C32H30N2O6S/c1-6-38-24-13-11-23(12-14-24)29-28(31(37)39-18(2)3)19(4)33-32-34(29)30(36)27(41-32)17-25-15-16-26(40-25)22-9-7-21(8-10-22)20(5)35/h7-18,29H,6H2,1-5H3/b27-17+/t29-/m1/s1. The third-order valence-electron chi connectivity index (χ3n) is 6.57. The Bertz CT molecular complexity index is 1820. The molecule has 8 nitrogen and oxygen atoms in total. The zero-order valence-corrected chi connectivity index (χ0v) is 24.3. The van der Waals surface area contributed by atoms with Crippen LogP contribution in [0.5, 0.6) is 5.75 Å². The van der Waals surface area contributed by atoms with Gasteiger partial charge in [0.1, 0.15) is 17.3 Å². The number of thiazole rings is 1. The van der Waals surface area contributed by atoms with Gasteiger partial charge in [-0.2, -0.15) is 0 Å². The number of hydrogen-bond donors (Lipinski definition) is 0. The summed E-state index contributed by atoms with van der Waals surface area (Å²) < 4.78 is 19.1. The predicted octanol–water partition coefficient (Wildman–Crippen LogP) is 5.05. The van der Waals surface area contributed by atoms with Crippen molar-refractivity contribution in [1.82, 2.24) is 4.57 Å². The van der Waals surface area contributed by atoms with Crippen molar-refractivity contribution < 1.29 is 23.5 Å². The average molecular weight is 571 g/mol. The molecule has 0 fully saturated rings. The second-order valence-electron chi connectivity index (χ2n) is 9.87. The lowest BCUT2D eigenvalue weighted by Gasteiger charge is -2.25. The number of ether oxygens (including phenoxy) is 2. The van der Waals surface area contributed by atoms with Gasteiger partial charge in [-0.05, 0) is 64.4 Å². The van der Waals surface area contributed by atoms with Crippen molar-refractivity contribution in [2.45, 2.75) is 46.8 Å². The van der Waals surface area contributed by atoms with Gasteiger partial charge in [0.15, 0.2) is 10.6 Å². The molecular weight excluding hydrogens is 540 g/mol.